The van der Waals surface area contributed by atoms with Gasteiger partial charge >= 0.3 is 0 Å². The first-order valence-electron chi connectivity index (χ1n) is 5.65. The third-order valence-electron chi connectivity index (χ3n) is 2.67. The van der Waals surface area contributed by atoms with Gasteiger partial charge in [-0.05, 0) is 18.2 Å². The van der Waals surface area contributed by atoms with Crippen LogP contribution in [0.5, 0.6) is 5.75 Å². The van der Waals surface area contributed by atoms with Crippen molar-refractivity contribution in [1.29, 1.82) is 0 Å². The molecule has 0 unspecified atom stereocenters. The molecule has 1 aromatic heterocycles. The number of nitrogen functional groups attached to an aromatic ring is 1. The molecule has 1 heterocycles. The van der Waals surface area contributed by atoms with Gasteiger partial charge in [0, 0.05) is 18.0 Å². The van der Waals surface area contributed by atoms with Gasteiger partial charge in [-0.1, -0.05) is 11.6 Å². The summed E-state index contributed by atoms with van der Waals surface area (Å²) in [5, 5.41) is 3.10. The number of H-pyrrole nitrogens is 1. The van der Waals surface area contributed by atoms with Gasteiger partial charge in [0.15, 0.2) is 0 Å². The van der Waals surface area contributed by atoms with Gasteiger partial charge in [0.25, 0.3) is 5.91 Å². The molecule has 6 heteroatoms. The number of nitrogens with one attached hydrogen (secondary N) is 2. The highest BCUT2D eigenvalue weighted by Gasteiger charge is 2.14. The summed E-state index contributed by atoms with van der Waals surface area (Å²) in [7, 11) is 1.48. The predicted octanol–water partition coefficient (Wildman–Crippen LogP) is 2.19. The Morgan fingerprint density at radius 2 is 2.32 bits per heavy atom. The summed E-state index contributed by atoms with van der Waals surface area (Å²) >= 11 is 5.92. The molecule has 1 aromatic carbocycles. The first-order chi connectivity index (χ1) is 9.11. The molecule has 0 saturated carbocycles. The SMILES string of the molecule is COc1cc(N)c(Cl)cc1C(=O)NCc1ccc[nH]1. The highest BCUT2D eigenvalue weighted by molar-refractivity contribution is 6.33. The standard InChI is InChI=1S/C13H14ClN3O2/c1-19-12-6-11(15)10(14)5-9(12)13(18)17-7-8-3-2-4-16-8/h2-6,16H,7,15H2,1H3,(H,17,18). The van der Waals surface area contributed by atoms with Crippen LogP contribution in [-0.2, 0) is 6.54 Å². The van der Waals surface area contributed by atoms with Crippen LogP contribution < -0.4 is 15.8 Å². The molecule has 0 radical (unpaired) electrons. The molecular formula is C13H14ClN3O2. The molecule has 4 N–H and O–H groups in total. The van der Waals surface area contributed by atoms with Gasteiger partial charge in [0.2, 0.25) is 0 Å². The maximum atomic E-state index is 12.1. The largest absolute Gasteiger partial charge is 0.496 e. The fraction of sp³-hybridized carbons (Fsp3) is 0.154. The number of nitrogens with two attached hydrogens (primary N) is 1. The van der Waals surface area contributed by atoms with Crippen LogP contribution in [0.2, 0.25) is 5.02 Å². The lowest BCUT2D eigenvalue weighted by Crippen LogP contribution is -2.23. The quantitative estimate of drug-likeness (QED) is 0.751. The molecule has 2 rings (SSSR count). The van der Waals surface area contributed by atoms with Gasteiger partial charge in [-0.25, -0.2) is 0 Å². The van der Waals surface area contributed by atoms with Crippen LogP contribution in [0.3, 0.4) is 0 Å². The second kappa shape index (κ2) is 5.67. The van der Waals surface area contributed by atoms with E-state index in [4.69, 9.17) is 22.1 Å². The van der Waals surface area contributed by atoms with E-state index < -0.39 is 0 Å². The minimum Gasteiger partial charge on any atom is -0.496 e. The van der Waals surface area contributed by atoms with E-state index in [1.165, 1.54) is 19.2 Å². The lowest BCUT2D eigenvalue weighted by atomic mass is 10.1. The molecule has 19 heavy (non-hydrogen) atoms. The normalized spacial score (nSPS) is 10.2. The van der Waals surface area contributed by atoms with E-state index in [1.54, 1.807) is 6.20 Å². The molecule has 0 aliphatic heterocycles. The molecule has 5 nitrogen and oxygen atoms in total. The lowest BCUT2D eigenvalue weighted by molar-refractivity contribution is 0.0947. The predicted molar refractivity (Wildman–Crippen MR) is 74.4 cm³/mol. The third-order valence-corrected chi connectivity index (χ3v) is 2.99. The van der Waals surface area contributed by atoms with Crippen LogP contribution in [-0.4, -0.2) is 18.0 Å². The minimum atomic E-state index is -0.270. The Morgan fingerprint density at radius 1 is 1.53 bits per heavy atom. The molecule has 0 aliphatic carbocycles. The maximum Gasteiger partial charge on any atom is 0.255 e. The lowest BCUT2D eigenvalue weighted by Gasteiger charge is -2.10. The first kappa shape index (κ1) is 13.3. The van der Waals surface area contributed by atoms with Gasteiger partial charge in [-0.15, -0.1) is 0 Å². The third kappa shape index (κ3) is 3.00. The van der Waals surface area contributed by atoms with Crippen molar-refractivity contribution >= 4 is 23.2 Å². The molecule has 1 amide bonds. The molecule has 0 bridgehead atoms. The number of methoxy groups -OCH3 is 1. The van der Waals surface area contributed by atoms with Crippen molar-refractivity contribution in [3.8, 4) is 5.75 Å². The van der Waals surface area contributed by atoms with E-state index in [-0.39, 0.29) is 5.91 Å². The van der Waals surface area contributed by atoms with Crippen LogP contribution in [0.25, 0.3) is 0 Å². The summed E-state index contributed by atoms with van der Waals surface area (Å²) in [6.45, 7) is 0.400. The number of hydrogen-bond donors (Lipinski definition) is 3. The van der Waals surface area contributed by atoms with Crippen LogP contribution >= 0.6 is 11.6 Å². The fourth-order valence-corrected chi connectivity index (χ4v) is 1.83. The van der Waals surface area contributed by atoms with Crippen LogP contribution in [0, 0.1) is 0 Å². The average Bonchev–Trinajstić information content (AvgIpc) is 2.91. The van der Waals surface area contributed by atoms with Crippen molar-refractivity contribution in [2.75, 3.05) is 12.8 Å². The molecule has 0 aliphatic rings. The molecule has 2 aromatic rings. The highest BCUT2D eigenvalue weighted by Crippen LogP contribution is 2.28. The fourth-order valence-electron chi connectivity index (χ4n) is 1.66. The van der Waals surface area contributed by atoms with Crippen LogP contribution in [0.4, 0.5) is 5.69 Å². The van der Waals surface area contributed by atoms with E-state index in [2.05, 4.69) is 10.3 Å². The van der Waals surface area contributed by atoms with Gasteiger partial charge < -0.3 is 20.8 Å². The number of benzene rings is 1. The zero-order valence-corrected chi connectivity index (χ0v) is 11.1. The highest BCUT2D eigenvalue weighted by atomic mass is 35.5. The summed E-state index contributed by atoms with van der Waals surface area (Å²) in [5.74, 6) is 0.124. The summed E-state index contributed by atoms with van der Waals surface area (Å²) in [6.07, 6.45) is 1.79. The number of carbonyl (C=O) groups excluding carboxylic acids is 1. The van der Waals surface area contributed by atoms with E-state index in [9.17, 15) is 4.79 Å². The van der Waals surface area contributed by atoms with Crippen molar-refractivity contribution in [3.63, 3.8) is 0 Å². The molecule has 0 spiro atoms. The Bertz CT molecular complexity index is 582. The smallest absolute Gasteiger partial charge is 0.255 e. The van der Waals surface area contributed by atoms with Crippen molar-refractivity contribution in [2.24, 2.45) is 0 Å². The topological polar surface area (TPSA) is 80.1 Å². The van der Waals surface area contributed by atoms with Gasteiger partial charge in [0.05, 0.1) is 29.9 Å². The molecule has 100 valence electrons. The summed E-state index contributed by atoms with van der Waals surface area (Å²) in [5.41, 5.74) is 7.31. The molecular weight excluding hydrogens is 266 g/mol. The number of carbonyl (C=O) groups is 1. The summed E-state index contributed by atoms with van der Waals surface area (Å²) in [4.78, 5) is 15.1. The zero-order valence-electron chi connectivity index (χ0n) is 10.4. The van der Waals surface area contributed by atoms with E-state index in [0.717, 1.165) is 5.69 Å². The van der Waals surface area contributed by atoms with E-state index >= 15 is 0 Å². The Balaban J connectivity index is 2.16. The van der Waals surface area contributed by atoms with E-state index in [0.29, 0.717) is 28.6 Å². The number of rotatable bonds is 4. The van der Waals surface area contributed by atoms with Crippen LogP contribution in [0.15, 0.2) is 30.5 Å². The van der Waals surface area contributed by atoms with Crippen LogP contribution in [0.1, 0.15) is 16.1 Å². The zero-order chi connectivity index (χ0) is 13.8. The van der Waals surface area contributed by atoms with E-state index in [1.807, 2.05) is 12.1 Å². The van der Waals surface area contributed by atoms with Crippen molar-refractivity contribution in [1.82, 2.24) is 10.3 Å². The number of amides is 1. The molecule has 0 saturated heterocycles. The molecule has 0 fully saturated rings. The van der Waals surface area contributed by atoms with Crippen molar-refractivity contribution in [3.05, 3.63) is 46.7 Å². The number of ether oxygens (including phenoxy) is 1. The number of aromatic nitrogens is 1. The number of halogens is 1. The Labute approximate surface area is 115 Å². The Hall–Kier alpha value is -2.14. The number of anilines is 1. The monoisotopic (exact) mass is 279 g/mol. The van der Waals surface area contributed by atoms with Crippen molar-refractivity contribution < 1.29 is 9.53 Å². The maximum absolute atomic E-state index is 12.1. The van der Waals surface area contributed by atoms with Gasteiger partial charge in [0.1, 0.15) is 5.75 Å². The van der Waals surface area contributed by atoms with Gasteiger partial charge in [-0.2, -0.15) is 0 Å². The average molecular weight is 280 g/mol. The molecule has 0 atom stereocenters. The summed E-state index contributed by atoms with van der Waals surface area (Å²) < 4.78 is 5.13. The minimum absolute atomic E-state index is 0.270. The second-order valence-electron chi connectivity index (χ2n) is 3.95. The number of aromatic amines is 1. The number of hydrogen-bond acceptors (Lipinski definition) is 3. The second-order valence-corrected chi connectivity index (χ2v) is 4.36. The Morgan fingerprint density at radius 3 is 2.95 bits per heavy atom. The van der Waals surface area contributed by atoms with Crippen molar-refractivity contribution in [2.45, 2.75) is 6.54 Å². The Kier molecular flexibility index (Phi) is 3.97. The summed E-state index contributed by atoms with van der Waals surface area (Å²) in [6, 6.07) is 6.78. The first-order valence-corrected chi connectivity index (χ1v) is 6.03. The van der Waals surface area contributed by atoms with Gasteiger partial charge in [-0.3, -0.25) is 4.79 Å².